The van der Waals surface area contributed by atoms with Gasteiger partial charge in [0.05, 0.1) is 0 Å². The SMILES string of the molecule is CCCCCCCCCCCCCCC1=CC2CCC1C2. The van der Waals surface area contributed by atoms with Crippen molar-refractivity contribution in [3.05, 3.63) is 11.6 Å². The van der Waals surface area contributed by atoms with Gasteiger partial charge in [0.25, 0.3) is 0 Å². The molecule has 0 heteroatoms. The molecule has 2 unspecified atom stereocenters. The number of fused-ring (bicyclic) bond motifs is 2. The molecule has 2 rings (SSSR count). The lowest BCUT2D eigenvalue weighted by Crippen LogP contribution is -1.97. The second-order valence-corrected chi connectivity index (χ2v) is 7.65. The summed E-state index contributed by atoms with van der Waals surface area (Å²) in [5.74, 6) is 2.00. The van der Waals surface area contributed by atoms with E-state index in [1.807, 2.05) is 5.57 Å². The van der Waals surface area contributed by atoms with Gasteiger partial charge < -0.3 is 0 Å². The normalized spacial score (nSPS) is 23.8. The highest BCUT2D eigenvalue weighted by molar-refractivity contribution is 5.19. The largest absolute Gasteiger partial charge is 0.0819 e. The van der Waals surface area contributed by atoms with Crippen LogP contribution in [0.2, 0.25) is 0 Å². The van der Waals surface area contributed by atoms with Crippen LogP contribution in [0.25, 0.3) is 0 Å². The third-order valence-corrected chi connectivity index (χ3v) is 5.77. The van der Waals surface area contributed by atoms with Gasteiger partial charge in [-0.3, -0.25) is 0 Å². The van der Waals surface area contributed by atoms with Gasteiger partial charge in [-0.15, -0.1) is 0 Å². The number of hydrogen-bond acceptors (Lipinski definition) is 0. The van der Waals surface area contributed by atoms with Crippen molar-refractivity contribution in [2.45, 2.75) is 110 Å². The van der Waals surface area contributed by atoms with Gasteiger partial charge in [0.2, 0.25) is 0 Å². The molecule has 0 N–H and O–H groups in total. The fourth-order valence-corrected chi connectivity index (χ4v) is 4.40. The van der Waals surface area contributed by atoms with E-state index in [9.17, 15) is 0 Å². The molecule has 2 atom stereocenters. The molecule has 2 bridgehead atoms. The Morgan fingerprint density at radius 3 is 1.81 bits per heavy atom. The van der Waals surface area contributed by atoms with E-state index in [4.69, 9.17) is 0 Å². The average molecular weight is 291 g/mol. The Balaban J connectivity index is 1.31. The molecule has 2 aliphatic carbocycles. The van der Waals surface area contributed by atoms with Crippen LogP contribution in [0.1, 0.15) is 110 Å². The van der Waals surface area contributed by atoms with Gasteiger partial charge in [0, 0.05) is 0 Å². The number of rotatable bonds is 13. The Kier molecular flexibility index (Phi) is 8.52. The van der Waals surface area contributed by atoms with E-state index in [-0.39, 0.29) is 0 Å². The van der Waals surface area contributed by atoms with Crippen LogP contribution in [0.3, 0.4) is 0 Å². The van der Waals surface area contributed by atoms with Gasteiger partial charge in [0.1, 0.15) is 0 Å². The summed E-state index contributed by atoms with van der Waals surface area (Å²) in [7, 11) is 0. The molecule has 0 amide bonds. The minimum Gasteiger partial charge on any atom is -0.0819 e. The van der Waals surface area contributed by atoms with E-state index < -0.39 is 0 Å². The molecule has 0 radical (unpaired) electrons. The van der Waals surface area contributed by atoms with Crippen LogP contribution in [-0.2, 0) is 0 Å². The Morgan fingerprint density at radius 2 is 1.33 bits per heavy atom. The van der Waals surface area contributed by atoms with E-state index >= 15 is 0 Å². The van der Waals surface area contributed by atoms with E-state index in [0.29, 0.717) is 0 Å². The van der Waals surface area contributed by atoms with Gasteiger partial charge in [0.15, 0.2) is 0 Å². The summed E-state index contributed by atoms with van der Waals surface area (Å²) in [6, 6.07) is 0. The summed E-state index contributed by atoms with van der Waals surface area (Å²) >= 11 is 0. The molecular formula is C21H38. The smallest absolute Gasteiger partial charge is 0.0197 e. The summed E-state index contributed by atoms with van der Waals surface area (Å²) < 4.78 is 0. The summed E-state index contributed by atoms with van der Waals surface area (Å²) in [5.41, 5.74) is 1.85. The molecule has 0 aromatic carbocycles. The second-order valence-electron chi connectivity index (χ2n) is 7.65. The van der Waals surface area contributed by atoms with Gasteiger partial charge in [-0.2, -0.15) is 0 Å². The summed E-state index contributed by atoms with van der Waals surface area (Å²) in [6.07, 6.45) is 26.2. The summed E-state index contributed by atoms with van der Waals surface area (Å²) in [4.78, 5) is 0. The molecule has 0 nitrogen and oxygen atoms in total. The molecule has 21 heavy (non-hydrogen) atoms. The van der Waals surface area contributed by atoms with E-state index in [1.54, 1.807) is 0 Å². The molecular weight excluding hydrogens is 252 g/mol. The number of unbranched alkanes of at least 4 members (excludes halogenated alkanes) is 11. The van der Waals surface area contributed by atoms with Gasteiger partial charge in [-0.05, 0) is 43.9 Å². The molecule has 122 valence electrons. The van der Waals surface area contributed by atoms with Crippen molar-refractivity contribution in [1.82, 2.24) is 0 Å². The lowest BCUT2D eigenvalue weighted by Gasteiger charge is -2.12. The van der Waals surface area contributed by atoms with Crippen LogP contribution in [-0.4, -0.2) is 0 Å². The van der Waals surface area contributed by atoms with Crippen molar-refractivity contribution in [2.24, 2.45) is 11.8 Å². The van der Waals surface area contributed by atoms with Crippen molar-refractivity contribution >= 4 is 0 Å². The first-order chi connectivity index (χ1) is 10.4. The Bertz CT molecular complexity index is 288. The highest BCUT2D eigenvalue weighted by Crippen LogP contribution is 2.45. The monoisotopic (exact) mass is 290 g/mol. The molecule has 0 spiro atoms. The van der Waals surface area contributed by atoms with Crippen molar-refractivity contribution in [3.8, 4) is 0 Å². The van der Waals surface area contributed by atoms with Crippen LogP contribution in [0.4, 0.5) is 0 Å². The minimum absolute atomic E-state index is 0.988. The highest BCUT2D eigenvalue weighted by Gasteiger charge is 2.31. The third kappa shape index (κ3) is 6.57. The molecule has 0 heterocycles. The lowest BCUT2D eigenvalue weighted by molar-refractivity contribution is 0.537. The minimum atomic E-state index is 0.988. The van der Waals surface area contributed by atoms with Crippen molar-refractivity contribution in [1.29, 1.82) is 0 Å². The predicted molar refractivity (Wildman–Crippen MR) is 94.6 cm³/mol. The molecule has 1 fully saturated rings. The van der Waals surface area contributed by atoms with Crippen molar-refractivity contribution in [2.75, 3.05) is 0 Å². The van der Waals surface area contributed by atoms with Crippen LogP contribution in [0.5, 0.6) is 0 Å². The average Bonchev–Trinajstić information content (AvgIpc) is 3.11. The fourth-order valence-electron chi connectivity index (χ4n) is 4.40. The Labute approximate surface area is 133 Å². The zero-order chi connectivity index (χ0) is 14.8. The quantitative estimate of drug-likeness (QED) is 0.244. The summed E-state index contributed by atoms with van der Waals surface area (Å²) in [5, 5.41) is 0. The molecule has 0 aliphatic heterocycles. The first-order valence-corrected chi connectivity index (χ1v) is 10.1. The zero-order valence-electron chi connectivity index (χ0n) is 14.5. The molecule has 2 aliphatic rings. The van der Waals surface area contributed by atoms with E-state index in [2.05, 4.69) is 13.0 Å². The topological polar surface area (TPSA) is 0 Å². The maximum atomic E-state index is 2.63. The Morgan fingerprint density at radius 1 is 0.762 bits per heavy atom. The van der Waals surface area contributed by atoms with Crippen LogP contribution >= 0.6 is 0 Å². The molecule has 1 saturated carbocycles. The first-order valence-electron chi connectivity index (χ1n) is 10.1. The van der Waals surface area contributed by atoms with Gasteiger partial charge in [-0.25, -0.2) is 0 Å². The molecule has 0 aromatic rings. The van der Waals surface area contributed by atoms with Gasteiger partial charge >= 0.3 is 0 Å². The standard InChI is InChI=1S/C21H38/c1-2-3-4-5-6-7-8-9-10-11-12-13-14-20-17-19-15-16-21(20)18-19/h17,19,21H,2-16,18H2,1H3. The molecule has 0 saturated heterocycles. The van der Waals surface area contributed by atoms with Crippen molar-refractivity contribution in [3.63, 3.8) is 0 Å². The fraction of sp³-hybridized carbons (Fsp3) is 0.905. The van der Waals surface area contributed by atoms with Crippen molar-refractivity contribution < 1.29 is 0 Å². The Hall–Kier alpha value is -0.260. The molecule has 0 aromatic heterocycles. The second kappa shape index (κ2) is 10.5. The van der Waals surface area contributed by atoms with Crippen LogP contribution < -0.4 is 0 Å². The predicted octanol–water partition coefficient (Wildman–Crippen LogP) is 7.43. The number of hydrogen-bond donors (Lipinski definition) is 0. The van der Waals surface area contributed by atoms with Crippen LogP contribution in [0.15, 0.2) is 11.6 Å². The maximum Gasteiger partial charge on any atom is -0.0197 e. The highest BCUT2D eigenvalue weighted by atomic mass is 14.4. The number of allylic oxidation sites excluding steroid dienone is 2. The lowest BCUT2D eigenvalue weighted by atomic mass is 9.93. The van der Waals surface area contributed by atoms with Crippen LogP contribution in [0, 0.1) is 11.8 Å². The third-order valence-electron chi connectivity index (χ3n) is 5.77. The zero-order valence-corrected chi connectivity index (χ0v) is 14.5. The first kappa shape index (κ1) is 17.1. The maximum absolute atomic E-state index is 2.63. The van der Waals surface area contributed by atoms with Gasteiger partial charge in [-0.1, -0.05) is 89.2 Å². The van der Waals surface area contributed by atoms with E-state index in [0.717, 1.165) is 11.8 Å². The summed E-state index contributed by atoms with van der Waals surface area (Å²) in [6.45, 7) is 2.30. The van der Waals surface area contributed by atoms with E-state index in [1.165, 1.54) is 103 Å².